The number of likely N-dealkylation sites (tertiary alicyclic amines) is 1. The number of amides is 1. The van der Waals surface area contributed by atoms with Crippen LogP contribution in [0.4, 0.5) is 4.39 Å². The molecule has 1 aromatic carbocycles. The van der Waals surface area contributed by atoms with Crippen molar-refractivity contribution in [3.63, 3.8) is 0 Å². The smallest absolute Gasteiger partial charge is 0.259 e. The van der Waals surface area contributed by atoms with Crippen LogP contribution in [0.5, 0.6) is 0 Å². The first-order chi connectivity index (χ1) is 11.0. The molecule has 1 aromatic heterocycles. The Morgan fingerprint density at radius 1 is 1.26 bits per heavy atom. The lowest BCUT2D eigenvalue weighted by Gasteiger charge is -2.32. The minimum absolute atomic E-state index is 0.0153. The lowest BCUT2D eigenvalue weighted by Crippen LogP contribution is -2.39. The predicted molar refractivity (Wildman–Crippen MR) is 84.7 cm³/mol. The Morgan fingerprint density at radius 3 is 2.48 bits per heavy atom. The molecular formula is C18H21FN2O2. The molecule has 0 saturated carbocycles. The van der Waals surface area contributed by atoms with Crippen LogP contribution in [0.3, 0.4) is 0 Å². The number of nitrogens with zero attached hydrogens (tertiary/aromatic N) is 2. The van der Waals surface area contributed by atoms with Crippen molar-refractivity contribution in [2.24, 2.45) is 5.92 Å². The first-order valence-electron chi connectivity index (χ1n) is 8.01. The molecule has 4 nitrogen and oxygen atoms in total. The monoisotopic (exact) mass is 316 g/mol. The molecule has 0 spiro atoms. The Bertz CT molecular complexity index is 666. The zero-order valence-corrected chi connectivity index (χ0v) is 13.5. The van der Waals surface area contributed by atoms with E-state index in [9.17, 15) is 9.18 Å². The molecule has 0 aliphatic carbocycles. The molecule has 1 aliphatic rings. The molecule has 23 heavy (non-hydrogen) atoms. The molecule has 3 rings (SSSR count). The summed E-state index contributed by atoms with van der Waals surface area (Å²) in [5.74, 6) is 0.935. The van der Waals surface area contributed by atoms with Crippen molar-refractivity contribution in [2.75, 3.05) is 13.1 Å². The van der Waals surface area contributed by atoms with Crippen molar-refractivity contribution in [1.29, 1.82) is 0 Å². The summed E-state index contributed by atoms with van der Waals surface area (Å²) in [7, 11) is 0. The number of carbonyl (C=O) groups is 1. The van der Waals surface area contributed by atoms with Gasteiger partial charge in [0, 0.05) is 13.1 Å². The van der Waals surface area contributed by atoms with Gasteiger partial charge in [-0.15, -0.1) is 0 Å². The minimum Gasteiger partial charge on any atom is -0.361 e. The van der Waals surface area contributed by atoms with E-state index in [1.165, 1.54) is 12.1 Å². The zero-order valence-electron chi connectivity index (χ0n) is 13.5. The number of carbonyl (C=O) groups excluding carboxylic acids is 1. The van der Waals surface area contributed by atoms with Crippen LogP contribution in [0.2, 0.25) is 0 Å². The maximum atomic E-state index is 12.9. The number of benzene rings is 1. The average molecular weight is 316 g/mol. The topological polar surface area (TPSA) is 46.3 Å². The van der Waals surface area contributed by atoms with Crippen LogP contribution in [0.1, 0.15) is 40.2 Å². The first kappa shape index (κ1) is 15.7. The number of piperidine rings is 1. The second-order valence-electron chi connectivity index (χ2n) is 6.27. The Hall–Kier alpha value is -2.17. The summed E-state index contributed by atoms with van der Waals surface area (Å²) in [6.07, 6.45) is 2.87. The van der Waals surface area contributed by atoms with Gasteiger partial charge >= 0.3 is 0 Å². The Balaban J connectivity index is 1.58. The maximum absolute atomic E-state index is 12.9. The van der Waals surface area contributed by atoms with Gasteiger partial charge in [-0.1, -0.05) is 17.3 Å². The van der Waals surface area contributed by atoms with Crippen molar-refractivity contribution in [2.45, 2.75) is 33.1 Å². The zero-order chi connectivity index (χ0) is 16.4. The van der Waals surface area contributed by atoms with Gasteiger partial charge in [-0.25, -0.2) is 4.39 Å². The molecule has 1 amide bonds. The van der Waals surface area contributed by atoms with Crippen LogP contribution in [0.25, 0.3) is 0 Å². The lowest BCUT2D eigenvalue weighted by atomic mass is 9.90. The van der Waals surface area contributed by atoms with Gasteiger partial charge in [0.25, 0.3) is 5.91 Å². The van der Waals surface area contributed by atoms with Crippen molar-refractivity contribution < 1.29 is 13.7 Å². The molecule has 1 saturated heterocycles. The van der Waals surface area contributed by atoms with E-state index in [4.69, 9.17) is 4.52 Å². The largest absolute Gasteiger partial charge is 0.361 e. The fourth-order valence-corrected chi connectivity index (χ4v) is 3.24. The SMILES string of the molecule is Cc1noc(C)c1C(=O)N1CCC(Cc2ccc(F)cc2)CC1. The number of aromatic nitrogens is 1. The summed E-state index contributed by atoms with van der Waals surface area (Å²) < 4.78 is 18.0. The summed E-state index contributed by atoms with van der Waals surface area (Å²) in [5.41, 5.74) is 2.41. The van der Waals surface area contributed by atoms with Crippen molar-refractivity contribution >= 4 is 5.91 Å². The molecule has 5 heteroatoms. The molecule has 0 N–H and O–H groups in total. The van der Waals surface area contributed by atoms with Gasteiger partial charge in [-0.05, 0) is 56.7 Å². The summed E-state index contributed by atoms with van der Waals surface area (Å²) >= 11 is 0. The highest BCUT2D eigenvalue weighted by Crippen LogP contribution is 2.24. The van der Waals surface area contributed by atoms with Gasteiger partial charge in [0.2, 0.25) is 0 Å². The van der Waals surface area contributed by atoms with E-state index in [0.29, 0.717) is 22.9 Å². The molecule has 2 heterocycles. The highest BCUT2D eigenvalue weighted by atomic mass is 19.1. The van der Waals surface area contributed by atoms with E-state index >= 15 is 0 Å². The Labute approximate surface area is 135 Å². The fraction of sp³-hybridized carbons (Fsp3) is 0.444. The molecule has 2 aromatic rings. The summed E-state index contributed by atoms with van der Waals surface area (Å²) in [6.45, 7) is 5.06. The van der Waals surface area contributed by atoms with E-state index in [1.54, 1.807) is 13.8 Å². The van der Waals surface area contributed by atoms with Crippen LogP contribution >= 0.6 is 0 Å². The molecule has 1 fully saturated rings. The number of rotatable bonds is 3. The Morgan fingerprint density at radius 2 is 1.91 bits per heavy atom. The van der Waals surface area contributed by atoms with Gasteiger partial charge in [-0.2, -0.15) is 0 Å². The van der Waals surface area contributed by atoms with E-state index < -0.39 is 0 Å². The normalized spacial score (nSPS) is 15.9. The number of hydrogen-bond donors (Lipinski definition) is 0. The summed E-state index contributed by atoms with van der Waals surface area (Å²) in [5, 5.41) is 3.86. The molecule has 122 valence electrons. The Kier molecular flexibility index (Phi) is 4.46. The van der Waals surface area contributed by atoms with Gasteiger partial charge in [0.05, 0.1) is 5.69 Å². The quantitative estimate of drug-likeness (QED) is 0.870. The van der Waals surface area contributed by atoms with Gasteiger partial charge in [0.1, 0.15) is 17.1 Å². The standard InChI is InChI=1S/C18H21FN2O2/c1-12-17(13(2)23-20-12)18(22)21-9-7-15(8-10-21)11-14-3-5-16(19)6-4-14/h3-6,15H,7-11H2,1-2H3. The first-order valence-corrected chi connectivity index (χ1v) is 8.01. The predicted octanol–water partition coefficient (Wildman–Crippen LogP) is 3.53. The van der Waals surface area contributed by atoms with Crippen LogP contribution in [-0.4, -0.2) is 29.1 Å². The van der Waals surface area contributed by atoms with Crippen LogP contribution in [0, 0.1) is 25.6 Å². The lowest BCUT2D eigenvalue weighted by molar-refractivity contribution is 0.0688. The number of hydrogen-bond acceptors (Lipinski definition) is 3. The van der Waals surface area contributed by atoms with Gasteiger partial charge < -0.3 is 9.42 Å². The van der Waals surface area contributed by atoms with Gasteiger partial charge in [-0.3, -0.25) is 4.79 Å². The summed E-state index contributed by atoms with van der Waals surface area (Å²) in [6, 6.07) is 6.70. The number of halogens is 1. The maximum Gasteiger partial charge on any atom is 0.259 e. The molecule has 0 bridgehead atoms. The molecule has 0 radical (unpaired) electrons. The average Bonchev–Trinajstić information content (AvgIpc) is 2.88. The molecule has 0 unspecified atom stereocenters. The second-order valence-corrected chi connectivity index (χ2v) is 6.27. The molecular weight excluding hydrogens is 295 g/mol. The van der Waals surface area contributed by atoms with Crippen LogP contribution in [-0.2, 0) is 6.42 Å². The molecule has 0 atom stereocenters. The second kappa shape index (κ2) is 6.52. The highest BCUT2D eigenvalue weighted by molar-refractivity contribution is 5.96. The third kappa shape index (κ3) is 3.44. The van der Waals surface area contributed by atoms with E-state index in [2.05, 4.69) is 5.16 Å². The van der Waals surface area contributed by atoms with E-state index in [1.807, 2.05) is 17.0 Å². The fourth-order valence-electron chi connectivity index (χ4n) is 3.24. The third-order valence-corrected chi connectivity index (χ3v) is 4.59. The van der Waals surface area contributed by atoms with E-state index in [0.717, 1.165) is 37.9 Å². The number of aryl methyl sites for hydroxylation is 2. The molecule has 1 aliphatic heterocycles. The van der Waals surface area contributed by atoms with Crippen LogP contribution < -0.4 is 0 Å². The van der Waals surface area contributed by atoms with Crippen molar-refractivity contribution in [3.8, 4) is 0 Å². The van der Waals surface area contributed by atoms with Crippen molar-refractivity contribution in [1.82, 2.24) is 10.1 Å². The van der Waals surface area contributed by atoms with Crippen LogP contribution in [0.15, 0.2) is 28.8 Å². The summed E-state index contributed by atoms with van der Waals surface area (Å²) in [4.78, 5) is 14.5. The van der Waals surface area contributed by atoms with Crippen molar-refractivity contribution in [3.05, 3.63) is 52.7 Å². The third-order valence-electron chi connectivity index (χ3n) is 4.59. The van der Waals surface area contributed by atoms with Gasteiger partial charge in [0.15, 0.2) is 0 Å². The minimum atomic E-state index is -0.200. The van der Waals surface area contributed by atoms with E-state index in [-0.39, 0.29) is 11.7 Å². The highest BCUT2D eigenvalue weighted by Gasteiger charge is 2.27.